The highest BCUT2D eigenvalue weighted by Gasteiger charge is 2.34. The molecule has 1 nitrogen and oxygen atoms in total. The summed E-state index contributed by atoms with van der Waals surface area (Å²) >= 11 is 0. The van der Waals surface area contributed by atoms with Gasteiger partial charge in [0.05, 0.1) is 0 Å². The summed E-state index contributed by atoms with van der Waals surface area (Å²) in [5, 5.41) is 2.86. The summed E-state index contributed by atoms with van der Waals surface area (Å²) < 4.78 is 13.2. The van der Waals surface area contributed by atoms with Crippen LogP contribution in [0.2, 0.25) is 0 Å². The van der Waals surface area contributed by atoms with E-state index in [0.29, 0.717) is 13.1 Å². The fourth-order valence-corrected chi connectivity index (χ4v) is 0.732. The van der Waals surface area contributed by atoms with E-state index >= 15 is 0 Å². The van der Waals surface area contributed by atoms with Gasteiger partial charge < -0.3 is 5.32 Å². The van der Waals surface area contributed by atoms with Crippen molar-refractivity contribution in [3.63, 3.8) is 0 Å². The quantitative estimate of drug-likeness (QED) is 0.521. The second-order valence-corrected chi connectivity index (χ2v) is 4.07. The van der Waals surface area contributed by atoms with Gasteiger partial charge in [-0.05, 0) is 20.8 Å². The van der Waals surface area contributed by atoms with Gasteiger partial charge in [0.1, 0.15) is 0 Å². The Kier molecular flexibility index (Phi) is 1.94. The lowest BCUT2D eigenvalue weighted by molar-refractivity contribution is 0.158. The van der Waals surface area contributed by atoms with Crippen LogP contribution in [0.15, 0.2) is 0 Å². The summed E-state index contributed by atoms with van der Waals surface area (Å²) in [6.45, 7) is 6.71. The summed E-state index contributed by atoms with van der Waals surface area (Å²) in [5.41, 5.74) is -1.33. The first-order valence-corrected chi connectivity index (χ1v) is 3.85. The van der Waals surface area contributed by atoms with Crippen LogP contribution in [-0.2, 0) is 0 Å². The highest BCUT2D eigenvalue weighted by molar-refractivity contribution is 5.22. The van der Waals surface area contributed by atoms with Crippen molar-refractivity contribution in [2.24, 2.45) is 5.41 Å². The third kappa shape index (κ3) is 2.51. The molecule has 1 aliphatic rings. The maximum Gasteiger partial charge on any atom is 0.195 e. The molecule has 0 radical (unpaired) electrons. The molecule has 0 saturated carbocycles. The summed E-state index contributed by atoms with van der Waals surface area (Å²) in [4.78, 5) is 0. The lowest BCUT2D eigenvalue weighted by atomic mass is 9.93. The molecule has 1 saturated heterocycles. The minimum atomic E-state index is -1.24. The maximum atomic E-state index is 13.2. The zero-order valence-corrected chi connectivity index (χ0v) is 7.29. The highest BCUT2D eigenvalue weighted by Crippen LogP contribution is 2.17. The summed E-state index contributed by atoms with van der Waals surface area (Å²) in [7, 11) is 0. The minimum absolute atomic E-state index is 0.0886. The van der Waals surface area contributed by atoms with Crippen LogP contribution in [-0.4, -0.2) is 18.8 Å². The van der Waals surface area contributed by atoms with Crippen LogP contribution in [0.25, 0.3) is 0 Å². The van der Waals surface area contributed by atoms with E-state index < -0.39 is 5.67 Å². The maximum absolute atomic E-state index is 13.2. The van der Waals surface area contributed by atoms with E-state index in [0.717, 1.165) is 0 Å². The molecule has 0 atom stereocenters. The van der Waals surface area contributed by atoms with Crippen LogP contribution in [0.4, 0.5) is 4.39 Å². The first kappa shape index (κ1) is 8.55. The molecular formula is C9H14FN. The van der Waals surface area contributed by atoms with Gasteiger partial charge in [0.15, 0.2) is 5.67 Å². The van der Waals surface area contributed by atoms with E-state index in [9.17, 15) is 4.39 Å². The largest absolute Gasteiger partial charge is 0.308 e. The third-order valence-corrected chi connectivity index (χ3v) is 1.47. The van der Waals surface area contributed by atoms with E-state index in [1.807, 2.05) is 20.8 Å². The SMILES string of the molecule is CC(C)(C)C#CC1(F)CNC1. The molecule has 11 heavy (non-hydrogen) atoms. The van der Waals surface area contributed by atoms with Gasteiger partial charge in [0.25, 0.3) is 0 Å². The Balaban J connectivity index is 2.56. The second kappa shape index (κ2) is 2.49. The van der Waals surface area contributed by atoms with Gasteiger partial charge in [0.2, 0.25) is 0 Å². The number of hydrogen-bond donors (Lipinski definition) is 1. The fourth-order valence-electron chi connectivity index (χ4n) is 0.732. The predicted octanol–water partition coefficient (Wildman–Crippen LogP) is 1.35. The topological polar surface area (TPSA) is 12.0 Å². The van der Waals surface area contributed by atoms with E-state index in [4.69, 9.17) is 0 Å². The minimum Gasteiger partial charge on any atom is -0.308 e. The molecule has 62 valence electrons. The Hall–Kier alpha value is -0.550. The van der Waals surface area contributed by atoms with Crippen LogP contribution in [0.1, 0.15) is 20.8 Å². The van der Waals surface area contributed by atoms with Crippen LogP contribution in [0.5, 0.6) is 0 Å². The van der Waals surface area contributed by atoms with Gasteiger partial charge in [-0.1, -0.05) is 11.8 Å². The Morgan fingerprint density at radius 1 is 1.36 bits per heavy atom. The lowest BCUT2D eigenvalue weighted by Crippen LogP contribution is -2.55. The van der Waals surface area contributed by atoms with Crippen molar-refractivity contribution in [2.75, 3.05) is 13.1 Å². The first-order chi connectivity index (χ1) is 4.91. The van der Waals surface area contributed by atoms with Crippen LogP contribution >= 0.6 is 0 Å². The van der Waals surface area contributed by atoms with Crippen LogP contribution in [0.3, 0.4) is 0 Å². The normalized spacial score (nSPS) is 21.5. The molecule has 1 aliphatic heterocycles. The lowest BCUT2D eigenvalue weighted by Gasteiger charge is -2.30. The molecule has 0 amide bonds. The number of nitrogens with one attached hydrogen (secondary N) is 1. The van der Waals surface area contributed by atoms with Gasteiger partial charge in [-0.2, -0.15) is 0 Å². The molecule has 0 aromatic rings. The molecule has 1 N–H and O–H groups in total. The van der Waals surface area contributed by atoms with Gasteiger partial charge in [0, 0.05) is 18.5 Å². The van der Waals surface area contributed by atoms with Crippen molar-refractivity contribution in [2.45, 2.75) is 26.4 Å². The van der Waals surface area contributed by atoms with Crippen molar-refractivity contribution >= 4 is 0 Å². The number of hydrogen-bond acceptors (Lipinski definition) is 1. The molecule has 0 bridgehead atoms. The van der Waals surface area contributed by atoms with Crippen molar-refractivity contribution < 1.29 is 4.39 Å². The Labute approximate surface area is 67.4 Å². The Bertz CT molecular complexity index is 200. The zero-order valence-electron chi connectivity index (χ0n) is 7.29. The predicted molar refractivity (Wildman–Crippen MR) is 43.9 cm³/mol. The fraction of sp³-hybridized carbons (Fsp3) is 0.778. The van der Waals surface area contributed by atoms with Gasteiger partial charge in [-0.3, -0.25) is 0 Å². The van der Waals surface area contributed by atoms with Crippen LogP contribution in [0, 0.1) is 17.3 Å². The van der Waals surface area contributed by atoms with E-state index in [-0.39, 0.29) is 5.41 Å². The molecular weight excluding hydrogens is 141 g/mol. The molecule has 1 fully saturated rings. The molecule has 1 heterocycles. The smallest absolute Gasteiger partial charge is 0.195 e. The molecule has 0 aromatic carbocycles. The molecule has 0 aromatic heterocycles. The number of alkyl halides is 1. The molecule has 1 rings (SSSR count). The average molecular weight is 155 g/mol. The van der Waals surface area contributed by atoms with Crippen LogP contribution < -0.4 is 5.32 Å². The van der Waals surface area contributed by atoms with Gasteiger partial charge >= 0.3 is 0 Å². The summed E-state index contributed by atoms with van der Waals surface area (Å²) in [6.07, 6.45) is 0. The van der Waals surface area contributed by atoms with Crippen molar-refractivity contribution in [1.82, 2.24) is 5.32 Å². The molecule has 0 unspecified atom stereocenters. The van der Waals surface area contributed by atoms with Crippen molar-refractivity contribution in [1.29, 1.82) is 0 Å². The van der Waals surface area contributed by atoms with Gasteiger partial charge in [-0.15, -0.1) is 0 Å². The monoisotopic (exact) mass is 155 g/mol. The van der Waals surface area contributed by atoms with Crippen molar-refractivity contribution in [3.8, 4) is 11.8 Å². The molecule has 0 spiro atoms. The highest BCUT2D eigenvalue weighted by atomic mass is 19.1. The van der Waals surface area contributed by atoms with E-state index in [1.54, 1.807) is 0 Å². The molecule has 2 heteroatoms. The average Bonchev–Trinajstić information content (AvgIpc) is 1.77. The second-order valence-electron chi connectivity index (χ2n) is 4.07. The first-order valence-electron chi connectivity index (χ1n) is 3.85. The summed E-state index contributed by atoms with van der Waals surface area (Å²) in [6, 6.07) is 0. The van der Waals surface area contributed by atoms with E-state index in [1.165, 1.54) is 0 Å². The summed E-state index contributed by atoms with van der Waals surface area (Å²) in [5.74, 6) is 5.56. The third-order valence-electron chi connectivity index (χ3n) is 1.47. The Morgan fingerprint density at radius 3 is 2.18 bits per heavy atom. The number of halogens is 1. The molecule has 0 aliphatic carbocycles. The number of rotatable bonds is 0. The Morgan fingerprint density at radius 2 is 1.91 bits per heavy atom. The zero-order chi connectivity index (χ0) is 8.54. The van der Waals surface area contributed by atoms with Gasteiger partial charge in [-0.25, -0.2) is 4.39 Å². The van der Waals surface area contributed by atoms with E-state index in [2.05, 4.69) is 17.2 Å². The standard InChI is InChI=1S/C9H14FN/c1-8(2,3)4-5-9(10)6-11-7-9/h11H,6-7H2,1-3H3. The van der Waals surface area contributed by atoms with Crippen molar-refractivity contribution in [3.05, 3.63) is 0 Å².